The molecule has 0 saturated carbocycles. The van der Waals surface area contributed by atoms with Crippen LogP contribution in [-0.2, 0) is 13.1 Å². The number of aromatic nitrogens is 2. The Labute approximate surface area is 171 Å². The van der Waals surface area contributed by atoms with Gasteiger partial charge in [0, 0.05) is 20.6 Å². The largest absolute Gasteiger partial charge is 0.349 e. The van der Waals surface area contributed by atoms with E-state index in [9.17, 15) is 0 Å². The maximum atomic E-state index is 4.45. The van der Waals surface area contributed by atoms with E-state index in [-0.39, 0.29) is 24.0 Å². The molecule has 1 heterocycles. The van der Waals surface area contributed by atoms with Crippen molar-refractivity contribution in [1.82, 2.24) is 20.2 Å². The summed E-state index contributed by atoms with van der Waals surface area (Å²) < 4.78 is 0. The molecule has 0 atom stereocenters. The summed E-state index contributed by atoms with van der Waals surface area (Å²) in [4.78, 5) is 14.2. The highest BCUT2D eigenvalue weighted by atomic mass is 127. The molecule has 136 valence electrons. The average Bonchev–Trinajstić information content (AvgIpc) is 3.13. The van der Waals surface area contributed by atoms with E-state index < -0.39 is 0 Å². The van der Waals surface area contributed by atoms with Crippen LogP contribution in [0.1, 0.15) is 11.4 Å². The molecule has 0 aliphatic carbocycles. The van der Waals surface area contributed by atoms with Crippen molar-refractivity contribution in [3.8, 4) is 11.3 Å². The molecule has 0 fully saturated rings. The summed E-state index contributed by atoms with van der Waals surface area (Å²) in [6, 6.07) is 20.5. The van der Waals surface area contributed by atoms with Crippen molar-refractivity contribution in [1.29, 1.82) is 0 Å². The Morgan fingerprint density at radius 3 is 2.38 bits per heavy atom. The molecule has 0 radical (unpaired) electrons. The Morgan fingerprint density at radius 2 is 1.73 bits per heavy atom. The van der Waals surface area contributed by atoms with Crippen LogP contribution in [0.15, 0.2) is 71.9 Å². The van der Waals surface area contributed by atoms with Crippen LogP contribution in [0.5, 0.6) is 0 Å². The quantitative estimate of drug-likeness (QED) is 0.344. The monoisotopic (exact) mass is 461 g/mol. The minimum absolute atomic E-state index is 0. The van der Waals surface area contributed by atoms with Gasteiger partial charge in [-0.3, -0.25) is 4.99 Å². The van der Waals surface area contributed by atoms with Gasteiger partial charge >= 0.3 is 0 Å². The molecule has 3 rings (SSSR count). The van der Waals surface area contributed by atoms with Crippen molar-refractivity contribution in [2.45, 2.75) is 13.1 Å². The first-order valence-electron chi connectivity index (χ1n) is 8.31. The van der Waals surface area contributed by atoms with E-state index in [0.717, 1.165) is 29.6 Å². The van der Waals surface area contributed by atoms with Crippen LogP contribution in [0.3, 0.4) is 0 Å². The summed E-state index contributed by atoms with van der Waals surface area (Å²) in [6.07, 6.45) is 1.86. The number of benzene rings is 2. The van der Waals surface area contributed by atoms with Crippen molar-refractivity contribution >= 4 is 29.9 Å². The Morgan fingerprint density at radius 1 is 1.08 bits per heavy atom. The second-order valence-electron chi connectivity index (χ2n) is 5.85. The van der Waals surface area contributed by atoms with E-state index in [1.807, 2.05) is 49.6 Å². The van der Waals surface area contributed by atoms with Gasteiger partial charge < -0.3 is 15.2 Å². The van der Waals surface area contributed by atoms with Gasteiger partial charge in [0.05, 0.1) is 18.4 Å². The topological polar surface area (TPSA) is 56.3 Å². The van der Waals surface area contributed by atoms with Crippen molar-refractivity contribution in [3.63, 3.8) is 0 Å². The first-order valence-corrected chi connectivity index (χ1v) is 8.31. The summed E-state index contributed by atoms with van der Waals surface area (Å²) in [6.45, 7) is 1.40. The van der Waals surface area contributed by atoms with E-state index in [2.05, 4.69) is 49.4 Å². The SMILES string of the molecule is CN=C(NCc1ncc(-c2ccccc2)[nH]1)N(C)Cc1ccccc1.I. The number of aromatic amines is 1. The van der Waals surface area contributed by atoms with E-state index in [0.29, 0.717) is 6.54 Å². The third-order valence-electron chi connectivity index (χ3n) is 3.96. The molecule has 0 spiro atoms. The molecule has 2 N–H and O–H groups in total. The van der Waals surface area contributed by atoms with Crippen molar-refractivity contribution in [2.24, 2.45) is 4.99 Å². The molecule has 3 aromatic rings. The minimum Gasteiger partial charge on any atom is -0.349 e. The Balaban J connectivity index is 0.00000243. The van der Waals surface area contributed by atoms with E-state index in [1.165, 1.54) is 5.56 Å². The fourth-order valence-electron chi connectivity index (χ4n) is 2.70. The molecule has 0 aliphatic rings. The Hall–Kier alpha value is -2.35. The van der Waals surface area contributed by atoms with Crippen LogP contribution in [0, 0.1) is 0 Å². The highest BCUT2D eigenvalue weighted by Gasteiger charge is 2.08. The summed E-state index contributed by atoms with van der Waals surface area (Å²) in [5, 5.41) is 3.35. The third-order valence-corrected chi connectivity index (χ3v) is 3.96. The Bertz CT molecular complexity index is 814. The molecular formula is C20H24IN5. The normalized spacial score (nSPS) is 10.9. The number of guanidine groups is 1. The molecule has 0 amide bonds. The number of hydrogen-bond acceptors (Lipinski definition) is 2. The minimum atomic E-state index is 0. The van der Waals surface area contributed by atoms with E-state index in [4.69, 9.17) is 0 Å². The van der Waals surface area contributed by atoms with Gasteiger partial charge in [0.2, 0.25) is 0 Å². The van der Waals surface area contributed by atoms with Crippen LogP contribution in [0.2, 0.25) is 0 Å². The maximum Gasteiger partial charge on any atom is 0.194 e. The van der Waals surface area contributed by atoms with Crippen LogP contribution in [0.25, 0.3) is 11.3 Å². The number of rotatable bonds is 5. The number of nitrogens with one attached hydrogen (secondary N) is 2. The van der Waals surface area contributed by atoms with E-state index >= 15 is 0 Å². The lowest BCUT2D eigenvalue weighted by atomic mass is 10.2. The van der Waals surface area contributed by atoms with Crippen molar-refractivity contribution in [3.05, 3.63) is 78.2 Å². The first-order chi connectivity index (χ1) is 12.3. The smallest absolute Gasteiger partial charge is 0.194 e. The molecule has 5 nitrogen and oxygen atoms in total. The van der Waals surface area contributed by atoms with Gasteiger partial charge in [0.15, 0.2) is 5.96 Å². The summed E-state index contributed by atoms with van der Waals surface area (Å²) in [7, 11) is 3.82. The molecule has 1 aromatic heterocycles. The van der Waals surface area contributed by atoms with Gasteiger partial charge in [-0.2, -0.15) is 0 Å². The molecule has 0 bridgehead atoms. The van der Waals surface area contributed by atoms with Gasteiger partial charge in [-0.25, -0.2) is 4.98 Å². The lowest BCUT2D eigenvalue weighted by Crippen LogP contribution is -2.38. The summed E-state index contributed by atoms with van der Waals surface area (Å²) in [5.74, 6) is 1.72. The van der Waals surface area contributed by atoms with Crippen molar-refractivity contribution < 1.29 is 0 Å². The molecule has 0 saturated heterocycles. The molecule has 26 heavy (non-hydrogen) atoms. The van der Waals surface area contributed by atoms with Crippen molar-refractivity contribution in [2.75, 3.05) is 14.1 Å². The van der Waals surface area contributed by atoms with Crippen LogP contribution in [0.4, 0.5) is 0 Å². The highest BCUT2D eigenvalue weighted by molar-refractivity contribution is 14.0. The molecule has 2 aromatic carbocycles. The van der Waals surface area contributed by atoms with Crippen LogP contribution >= 0.6 is 24.0 Å². The van der Waals surface area contributed by atoms with Gasteiger partial charge in [-0.05, 0) is 11.1 Å². The van der Waals surface area contributed by atoms with Crippen LogP contribution in [-0.4, -0.2) is 34.9 Å². The highest BCUT2D eigenvalue weighted by Crippen LogP contribution is 2.15. The molecular weight excluding hydrogens is 437 g/mol. The number of aliphatic imine (C=N–C) groups is 1. The molecule has 6 heteroatoms. The predicted molar refractivity (Wildman–Crippen MR) is 118 cm³/mol. The lowest BCUT2D eigenvalue weighted by Gasteiger charge is -2.21. The van der Waals surface area contributed by atoms with E-state index in [1.54, 1.807) is 7.05 Å². The lowest BCUT2D eigenvalue weighted by molar-refractivity contribution is 0.475. The fraction of sp³-hybridized carbons (Fsp3) is 0.200. The van der Waals surface area contributed by atoms with Gasteiger partial charge in [-0.1, -0.05) is 60.7 Å². The number of halogens is 1. The fourth-order valence-corrected chi connectivity index (χ4v) is 2.70. The zero-order valence-corrected chi connectivity index (χ0v) is 17.3. The second kappa shape index (κ2) is 9.96. The number of nitrogens with zero attached hydrogens (tertiary/aromatic N) is 3. The summed E-state index contributed by atoms with van der Waals surface area (Å²) >= 11 is 0. The number of hydrogen-bond donors (Lipinski definition) is 2. The molecule has 0 unspecified atom stereocenters. The van der Waals surface area contributed by atoms with Gasteiger partial charge in [0.1, 0.15) is 5.82 Å². The van der Waals surface area contributed by atoms with Gasteiger partial charge in [-0.15, -0.1) is 24.0 Å². The predicted octanol–water partition coefficient (Wildman–Crippen LogP) is 3.90. The summed E-state index contributed by atoms with van der Waals surface area (Å²) in [5.41, 5.74) is 3.40. The number of H-pyrrole nitrogens is 1. The standard InChI is InChI=1S/C20H23N5.HI/c1-21-20(25(2)15-16-9-5-3-6-10-16)23-14-19-22-13-18(24-19)17-11-7-4-8-12-17;/h3-13H,14-15H2,1-2H3,(H,21,23)(H,22,24);1H. The van der Waals surface area contributed by atoms with Crippen LogP contribution < -0.4 is 5.32 Å². The third kappa shape index (κ3) is 5.32. The molecule has 0 aliphatic heterocycles. The van der Waals surface area contributed by atoms with Gasteiger partial charge in [0.25, 0.3) is 0 Å². The average molecular weight is 461 g/mol. The zero-order valence-electron chi connectivity index (χ0n) is 15.0. The second-order valence-corrected chi connectivity index (χ2v) is 5.85. The maximum absolute atomic E-state index is 4.45. The Kier molecular flexibility index (Phi) is 7.65. The number of imidazole rings is 1. The first kappa shape index (κ1) is 20.0. The zero-order chi connectivity index (χ0) is 17.5.